The Morgan fingerprint density at radius 1 is 1.15 bits per heavy atom. The molecule has 144 valence electrons. The summed E-state index contributed by atoms with van der Waals surface area (Å²) in [6.45, 7) is 4.80. The van der Waals surface area contributed by atoms with E-state index in [2.05, 4.69) is 27.7 Å². The summed E-state index contributed by atoms with van der Waals surface area (Å²) >= 11 is 0. The van der Waals surface area contributed by atoms with Gasteiger partial charge in [0.1, 0.15) is 0 Å². The zero-order valence-corrected chi connectivity index (χ0v) is 16.0. The van der Waals surface area contributed by atoms with Crippen LogP contribution in [0.5, 0.6) is 0 Å². The predicted molar refractivity (Wildman–Crippen MR) is 101 cm³/mol. The van der Waals surface area contributed by atoms with Crippen LogP contribution in [0, 0.1) is 0 Å². The Bertz CT molecular complexity index is 581. The Kier molecular flexibility index (Phi) is 7.72. The summed E-state index contributed by atoms with van der Waals surface area (Å²) in [7, 11) is 4.08. The van der Waals surface area contributed by atoms with Crippen LogP contribution in [0.3, 0.4) is 0 Å². The molecule has 0 atom stereocenters. The van der Waals surface area contributed by atoms with E-state index in [1.54, 1.807) is 11.8 Å². The minimum Gasteiger partial charge on any atom is -0.450 e. The summed E-state index contributed by atoms with van der Waals surface area (Å²) in [6, 6.07) is 8.16. The van der Waals surface area contributed by atoms with Crippen molar-refractivity contribution in [1.29, 1.82) is 0 Å². The molecule has 0 aromatic heterocycles. The molecule has 0 unspecified atom stereocenters. The van der Waals surface area contributed by atoms with Gasteiger partial charge in [0.15, 0.2) is 0 Å². The van der Waals surface area contributed by atoms with Crippen LogP contribution in [0.2, 0.25) is 0 Å². The van der Waals surface area contributed by atoms with Gasteiger partial charge in [-0.25, -0.2) is 9.59 Å². The van der Waals surface area contributed by atoms with Gasteiger partial charge in [0.2, 0.25) is 0 Å². The number of benzene rings is 1. The normalized spacial score (nSPS) is 15.0. The number of amides is 3. The molecule has 0 bridgehead atoms. The maximum atomic E-state index is 12.1. The lowest BCUT2D eigenvalue weighted by Crippen LogP contribution is -2.49. The monoisotopic (exact) mass is 362 g/mol. The molecule has 1 aromatic rings. The van der Waals surface area contributed by atoms with E-state index in [4.69, 9.17) is 4.74 Å². The number of hydrogen-bond donors (Lipinski definition) is 2. The first-order valence-corrected chi connectivity index (χ1v) is 9.16. The van der Waals surface area contributed by atoms with Gasteiger partial charge in [0.25, 0.3) is 0 Å². The standard InChI is InChI=1S/C19H30N4O3/c1-4-26-19(25)23-11-9-17(10-12-23)21-18(24)20-13-15-5-7-16(8-6-15)14-22(2)3/h5-8,17H,4,9-14H2,1-3H3,(H2,20,21,24). The number of carbonyl (C=O) groups excluding carboxylic acids is 2. The van der Waals surface area contributed by atoms with Gasteiger partial charge in [0.05, 0.1) is 6.61 Å². The number of piperidine rings is 1. The zero-order chi connectivity index (χ0) is 18.9. The van der Waals surface area contributed by atoms with E-state index in [-0.39, 0.29) is 18.2 Å². The molecule has 1 aliphatic rings. The summed E-state index contributed by atoms with van der Waals surface area (Å²) in [5, 5.41) is 5.88. The molecule has 7 heteroatoms. The number of hydrogen-bond acceptors (Lipinski definition) is 4. The number of nitrogens with one attached hydrogen (secondary N) is 2. The molecule has 1 saturated heterocycles. The molecule has 0 aliphatic carbocycles. The van der Waals surface area contributed by atoms with Crippen molar-refractivity contribution in [2.24, 2.45) is 0 Å². The van der Waals surface area contributed by atoms with Gasteiger partial charge in [-0.1, -0.05) is 24.3 Å². The van der Waals surface area contributed by atoms with Crippen LogP contribution in [-0.2, 0) is 17.8 Å². The van der Waals surface area contributed by atoms with Crippen molar-refractivity contribution in [3.63, 3.8) is 0 Å². The highest BCUT2D eigenvalue weighted by Crippen LogP contribution is 2.11. The van der Waals surface area contributed by atoms with Gasteiger partial charge >= 0.3 is 12.1 Å². The number of likely N-dealkylation sites (tertiary alicyclic amines) is 1. The van der Waals surface area contributed by atoms with E-state index in [9.17, 15) is 9.59 Å². The molecule has 1 heterocycles. The van der Waals surface area contributed by atoms with E-state index in [1.807, 2.05) is 26.2 Å². The van der Waals surface area contributed by atoms with Crippen molar-refractivity contribution < 1.29 is 14.3 Å². The molecule has 1 fully saturated rings. The first-order valence-electron chi connectivity index (χ1n) is 9.16. The Hall–Kier alpha value is -2.28. The highest BCUT2D eigenvalue weighted by atomic mass is 16.6. The van der Waals surface area contributed by atoms with Crippen LogP contribution in [0.1, 0.15) is 30.9 Å². The molecule has 0 spiro atoms. The second-order valence-corrected chi connectivity index (χ2v) is 6.84. The molecule has 0 radical (unpaired) electrons. The molecule has 7 nitrogen and oxygen atoms in total. The summed E-state index contributed by atoms with van der Waals surface area (Å²) in [4.78, 5) is 27.6. The number of nitrogens with zero attached hydrogens (tertiary/aromatic N) is 2. The van der Waals surface area contributed by atoms with Gasteiger partial charge in [-0.15, -0.1) is 0 Å². The second kappa shape index (κ2) is 10.0. The highest BCUT2D eigenvalue weighted by Gasteiger charge is 2.24. The fourth-order valence-electron chi connectivity index (χ4n) is 2.97. The second-order valence-electron chi connectivity index (χ2n) is 6.84. The van der Waals surface area contributed by atoms with Crippen LogP contribution in [-0.4, -0.2) is 61.8 Å². The van der Waals surface area contributed by atoms with Crippen LogP contribution in [0.25, 0.3) is 0 Å². The minimum atomic E-state index is -0.270. The molecule has 2 N–H and O–H groups in total. The van der Waals surface area contributed by atoms with Gasteiger partial charge < -0.3 is 25.2 Å². The fraction of sp³-hybridized carbons (Fsp3) is 0.579. The van der Waals surface area contributed by atoms with Crippen molar-refractivity contribution in [1.82, 2.24) is 20.4 Å². The Morgan fingerprint density at radius 3 is 2.35 bits per heavy atom. The number of urea groups is 1. The number of rotatable bonds is 6. The number of carbonyl (C=O) groups is 2. The average Bonchev–Trinajstić information content (AvgIpc) is 2.61. The average molecular weight is 362 g/mol. The van der Waals surface area contributed by atoms with E-state index in [0.717, 1.165) is 24.9 Å². The quantitative estimate of drug-likeness (QED) is 0.813. The van der Waals surface area contributed by atoms with E-state index in [0.29, 0.717) is 26.2 Å². The van der Waals surface area contributed by atoms with Crippen LogP contribution < -0.4 is 10.6 Å². The largest absolute Gasteiger partial charge is 0.450 e. The lowest BCUT2D eigenvalue weighted by Gasteiger charge is -2.31. The lowest BCUT2D eigenvalue weighted by atomic mass is 10.1. The molecule has 26 heavy (non-hydrogen) atoms. The summed E-state index contributed by atoms with van der Waals surface area (Å²) in [5.41, 5.74) is 2.32. The van der Waals surface area contributed by atoms with Crippen molar-refractivity contribution in [3.05, 3.63) is 35.4 Å². The smallest absolute Gasteiger partial charge is 0.409 e. The molecule has 3 amide bonds. The first-order chi connectivity index (χ1) is 12.5. The predicted octanol–water partition coefficient (Wildman–Crippen LogP) is 2.17. The zero-order valence-electron chi connectivity index (χ0n) is 16.0. The van der Waals surface area contributed by atoms with E-state index >= 15 is 0 Å². The molecular weight excluding hydrogens is 332 g/mol. The topological polar surface area (TPSA) is 73.9 Å². The van der Waals surface area contributed by atoms with Gasteiger partial charge in [-0.2, -0.15) is 0 Å². The Balaban J connectivity index is 1.68. The van der Waals surface area contributed by atoms with Gasteiger partial charge in [0, 0.05) is 32.2 Å². The van der Waals surface area contributed by atoms with Crippen LogP contribution in [0.4, 0.5) is 9.59 Å². The fourth-order valence-corrected chi connectivity index (χ4v) is 2.97. The van der Waals surface area contributed by atoms with Crippen molar-refractivity contribution in [3.8, 4) is 0 Å². The van der Waals surface area contributed by atoms with E-state index < -0.39 is 0 Å². The van der Waals surface area contributed by atoms with Crippen LogP contribution >= 0.6 is 0 Å². The van der Waals surface area contributed by atoms with Gasteiger partial charge in [-0.05, 0) is 45.0 Å². The maximum Gasteiger partial charge on any atom is 0.409 e. The third-order valence-electron chi connectivity index (χ3n) is 4.33. The molecule has 2 rings (SSSR count). The minimum absolute atomic E-state index is 0.0862. The molecule has 1 aromatic carbocycles. The molecule has 0 saturated carbocycles. The summed E-state index contributed by atoms with van der Waals surface area (Å²) in [6.07, 6.45) is 1.21. The van der Waals surface area contributed by atoms with Crippen molar-refractivity contribution in [2.45, 2.75) is 38.9 Å². The van der Waals surface area contributed by atoms with Gasteiger partial charge in [-0.3, -0.25) is 0 Å². The Labute approximate surface area is 155 Å². The maximum absolute atomic E-state index is 12.1. The van der Waals surface area contributed by atoms with Crippen molar-refractivity contribution >= 4 is 12.1 Å². The summed E-state index contributed by atoms with van der Waals surface area (Å²) in [5.74, 6) is 0. The van der Waals surface area contributed by atoms with Crippen molar-refractivity contribution in [2.75, 3.05) is 33.8 Å². The molecular formula is C19H30N4O3. The third kappa shape index (κ3) is 6.55. The first kappa shape index (κ1) is 20.0. The highest BCUT2D eigenvalue weighted by molar-refractivity contribution is 5.74. The summed E-state index contributed by atoms with van der Waals surface area (Å²) < 4.78 is 5.00. The van der Waals surface area contributed by atoms with E-state index in [1.165, 1.54) is 5.56 Å². The SMILES string of the molecule is CCOC(=O)N1CCC(NC(=O)NCc2ccc(CN(C)C)cc2)CC1. The van der Waals surface area contributed by atoms with Crippen LogP contribution in [0.15, 0.2) is 24.3 Å². The number of ether oxygens (including phenoxy) is 1. The third-order valence-corrected chi connectivity index (χ3v) is 4.33. The molecule has 1 aliphatic heterocycles. The Morgan fingerprint density at radius 2 is 1.77 bits per heavy atom. The lowest BCUT2D eigenvalue weighted by molar-refractivity contribution is 0.0957.